The number of hydrogen-bond acceptors (Lipinski definition) is 2. The Hall–Kier alpha value is -1.02. The molecule has 0 unspecified atom stereocenters. The highest BCUT2D eigenvalue weighted by Crippen LogP contribution is 2.11. The fourth-order valence-corrected chi connectivity index (χ4v) is 1.54. The van der Waals surface area contributed by atoms with Gasteiger partial charge in [0.2, 0.25) is 0 Å². The lowest BCUT2D eigenvalue weighted by atomic mass is 10.1. The number of unbranched alkanes of at least 4 members (excludes halogenated alkanes) is 1. The van der Waals surface area contributed by atoms with Crippen LogP contribution in [0.25, 0.3) is 0 Å². The number of rotatable bonds is 7. The van der Waals surface area contributed by atoms with E-state index in [1.807, 2.05) is 12.1 Å². The summed E-state index contributed by atoms with van der Waals surface area (Å²) in [6.45, 7) is 4.43. The zero-order valence-corrected chi connectivity index (χ0v) is 9.50. The predicted octanol–water partition coefficient (Wildman–Crippen LogP) is 2.71. The lowest BCUT2D eigenvalue weighted by Crippen LogP contribution is -2.15. The van der Waals surface area contributed by atoms with E-state index >= 15 is 0 Å². The van der Waals surface area contributed by atoms with Crippen molar-refractivity contribution in [1.29, 1.82) is 0 Å². The monoisotopic (exact) mass is 207 g/mol. The summed E-state index contributed by atoms with van der Waals surface area (Å²) in [7, 11) is 0. The standard InChI is InChI=1S/C13H21NO/c1-2-10-14-11-4-3-5-12-6-8-13(15)9-7-12/h6-9,14-15H,2-5,10-11H2,1H3. The Balaban J connectivity index is 2.07. The quantitative estimate of drug-likeness (QED) is 0.674. The molecule has 0 radical (unpaired) electrons. The summed E-state index contributed by atoms with van der Waals surface area (Å²) in [5.41, 5.74) is 1.31. The average molecular weight is 207 g/mol. The first-order valence-electron chi connectivity index (χ1n) is 5.81. The molecule has 0 spiro atoms. The van der Waals surface area contributed by atoms with Crippen LogP contribution in [-0.4, -0.2) is 18.2 Å². The van der Waals surface area contributed by atoms with Gasteiger partial charge in [0.1, 0.15) is 5.75 Å². The topological polar surface area (TPSA) is 32.3 Å². The van der Waals surface area contributed by atoms with Crippen LogP contribution in [-0.2, 0) is 6.42 Å². The van der Waals surface area contributed by atoms with E-state index in [1.54, 1.807) is 12.1 Å². The van der Waals surface area contributed by atoms with E-state index in [-0.39, 0.29) is 0 Å². The molecule has 1 aromatic rings. The lowest BCUT2D eigenvalue weighted by molar-refractivity contribution is 0.475. The molecule has 0 aliphatic rings. The molecule has 0 saturated carbocycles. The maximum absolute atomic E-state index is 9.12. The van der Waals surface area contributed by atoms with E-state index in [9.17, 15) is 0 Å². The van der Waals surface area contributed by atoms with E-state index in [2.05, 4.69) is 12.2 Å². The Morgan fingerprint density at radius 2 is 1.80 bits per heavy atom. The summed E-state index contributed by atoms with van der Waals surface area (Å²) in [6, 6.07) is 7.50. The molecule has 2 heteroatoms. The van der Waals surface area contributed by atoms with Crippen molar-refractivity contribution < 1.29 is 5.11 Å². The minimum Gasteiger partial charge on any atom is -0.508 e. The first kappa shape index (κ1) is 12.1. The molecule has 0 aliphatic heterocycles. The van der Waals surface area contributed by atoms with E-state index < -0.39 is 0 Å². The van der Waals surface area contributed by atoms with Crippen LogP contribution in [0.4, 0.5) is 0 Å². The van der Waals surface area contributed by atoms with Gasteiger partial charge in [-0.25, -0.2) is 0 Å². The van der Waals surface area contributed by atoms with Crippen molar-refractivity contribution in [2.24, 2.45) is 0 Å². The molecule has 2 nitrogen and oxygen atoms in total. The Bertz CT molecular complexity index is 256. The second-order valence-electron chi connectivity index (χ2n) is 3.87. The highest BCUT2D eigenvalue weighted by atomic mass is 16.3. The van der Waals surface area contributed by atoms with Gasteiger partial charge in [0, 0.05) is 0 Å². The minimum absolute atomic E-state index is 0.350. The van der Waals surface area contributed by atoms with Gasteiger partial charge in [0.25, 0.3) is 0 Å². The number of hydrogen-bond donors (Lipinski definition) is 2. The highest BCUT2D eigenvalue weighted by molar-refractivity contribution is 5.25. The number of nitrogens with one attached hydrogen (secondary N) is 1. The van der Waals surface area contributed by atoms with Gasteiger partial charge < -0.3 is 10.4 Å². The van der Waals surface area contributed by atoms with Gasteiger partial charge in [-0.05, 0) is 56.5 Å². The van der Waals surface area contributed by atoms with Crippen molar-refractivity contribution in [3.63, 3.8) is 0 Å². The zero-order chi connectivity index (χ0) is 10.9. The van der Waals surface area contributed by atoms with Gasteiger partial charge in [0.05, 0.1) is 0 Å². The van der Waals surface area contributed by atoms with Gasteiger partial charge in [0.15, 0.2) is 0 Å². The van der Waals surface area contributed by atoms with Crippen molar-refractivity contribution in [2.75, 3.05) is 13.1 Å². The Morgan fingerprint density at radius 1 is 1.07 bits per heavy atom. The van der Waals surface area contributed by atoms with Crippen LogP contribution < -0.4 is 5.32 Å². The van der Waals surface area contributed by atoms with Crippen LogP contribution in [0.1, 0.15) is 31.7 Å². The fraction of sp³-hybridized carbons (Fsp3) is 0.538. The van der Waals surface area contributed by atoms with Gasteiger partial charge in [-0.3, -0.25) is 0 Å². The van der Waals surface area contributed by atoms with E-state index in [4.69, 9.17) is 5.11 Å². The van der Waals surface area contributed by atoms with Crippen LogP contribution >= 0.6 is 0 Å². The smallest absolute Gasteiger partial charge is 0.115 e. The largest absolute Gasteiger partial charge is 0.508 e. The van der Waals surface area contributed by atoms with Crippen LogP contribution in [0.5, 0.6) is 5.75 Å². The SMILES string of the molecule is CCCNCCCCc1ccc(O)cc1. The van der Waals surface area contributed by atoms with Gasteiger partial charge >= 0.3 is 0 Å². The number of benzene rings is 1. The van der Waals surface area contributed by atoms with E-state index in [1.165, 1.54) is 24.8 Å². The molecule has 0 saturated heterocycles. The summed E-state index contributed by atoms with van der Waals surface area (Å²) in [5.74, 6) is 0.350. The third-order valence-corrected chi connectivity index (χ3v) is 2.43. The fourth-order valence-electron chi connectivity index (χ4n) is 1.54. The molecule has 84 valence electrons. The van der Waals surface area contributed by atoms with Crippen molar-refractivity contribution in [1.82, 2.24) is 5.32 Å². The third-order valence-electron chi connectivity index (χ3n) is 2.43. The second kappa shape index (κ2) is 7.30. The number of aryl methyl sites for hydroxylation is 1. The van der Waals surface area contributed by atoms with Crippen LogP contribution in [0, 0.1) is 0 Å². The Morgan fingerprint density at radius 3 is 2.47 bits per heavy atom. The summed E-state index contributed by atoms with van der Waals surface area (Å²) in [4.78, 5) is 0. The van der Waals surface area contributed by atoms with Crippen LogP contribution in [0.2, 0.25) is 0 Å². The molecular formula is C13H21NO. The molecule has 0 atom stereocenters. The third kappa shape index (κ3) is 5.43. The van der Waals surface area contributed by atoms with Crippen molar-refractivity contribution >= 4 is 0 Å². The van der Waals surface area contributed by atoms with Crippen molar-refractivity contribution in [2.45, 2.75) is 32.6 Å². The molecule has 0 amide bonds. The van der Waals surface area contributed by atoms with E-state index in [0.717, 1.165) is 19.5 Å². The molecule has 0 bridgehead atoms. The molecule has 0 heterocycles. The predicted molar refractivity (Wildman–Crippen MR) is 64.2 cm³/mol. The highest BCUT2D eigenvalue weighted by Gasteiger charge is 1.93. The Labute approximate surface area is 92.3 Å². The molecule has 0 fully saturated rings. The average Bonchev–Trinajstić information content (AvgIpc) is 2.26. The molecule has 0 aromatic heterocycles. The summed E-state index contributed by atoms with van der Waals surface area (Å²) in [6.07, 6.45) is 4.74. The maximum Gasteiger partial charge on any atom is 0.115 e. The second-order valence-corrected chi connectivity index (χ2v) is 3.87. The molecule has 1 rings (SSSR count). The first-order chi connectivity index (χ1) is 7.33. The first-order valence-corrected chi connectivity index (χ1v) is 5.81. The summed E-state index contributed by atoms with van der Waals surface area (Å²) in [5, 5.41) is 12.5. The number of phenols is 1. The van der Waals surface area contributed by atoms with Crippen LogP contribution in [0.3, 0.4) is 0 Å². The maximum atomic E-state index is 9.12. The van der Waals surface area contributed by atoms with E-state index in [0.29, 0.717) is 5.75 Å². The molecule has 0 aliphatic carbocycles. The Kier molecular flexibility index (Phi) is 5.86. The normalized spacial score (nSPS) is 10.5. The van der Waals surface area contributed by atoms with Gasteiger partial charge in [-0.15, -0.1) is 0 Å². The summed E-state index contributed by atoms with van der Waals surface area (Å²) >= 11 is 0. The number of phenolic OH excluding ortho intramolecular Hbond substituents is 1. The molecule has 2 N–H and O–H groups in total. The van der Waals surface area contributed by atoms with Crippen molar-refractivity contribution in [3.05, 3.63) is 29.8 Å². The zero-order valence-electron chi connectivity index (χ0n) is 9.50. The molecular weight excluding hydrogens is 186 g/mol. The van der Waals surface area contributed by atoms with Gasteiger partial charge in [-0.1, -0.05) is 19.1 Å². The van der Waals surface area contributed by atoms with Crippen LogP contribution in [0.15, 0.2) is 24.3 Å². The van der Waals surface area contributed by atoms with Crippen molar-refractivity contribution in [3.8, 4) is 5.75 Å². The summed E-state index contributed by atoms with van der Waals surface area (Å²) < 4.78 is 0. The minimum atomic E-state index is 0.350. The van der Waals surface area contributed by atoms with Gasteiger partial charge in [-0.2, -0.15) is 0 Å². The number of aromatic hydroxyl groups is 1. The molecule has 1 aromatic carbocycles. The molecule has 15 heavy (non-hydrogen) atoms. The lowest BCUT2D eigenvalue weighted by Gasteiger charge is -2.03.